The molecule has 2 aromatic heterocycles. The summed E-state index contributed by atoms with van der Waals surface area (Å²) in [6.45, 7) is 7.28. The summed E-state index contributed by atoms with van der Waals surface area (Å²) in [5.41, 5.74) is 5.03. The monoisotopic (exact) mass is 433 g/mol. The lowest BCUT2D eigenvalue weighted by Gasteiger charge is -2.14. The Morgan fingerprint density at radius 3 is 2.13 bits per heavy atom. The number of aromatic nitrogens is 1. The van der Waals surface area contributed by atoms with Crippen molar-refractivity contribution in [1.82, 2.24) is 4.40 Å². The lowest BCUT2D eigenvalue weighted by Crippen LogP contribution is -2.13. The molecule has 31 heavy (non-hydrogen) atoms. The van der Waals surface area contributed by atoms with Crippen LogP contribution < -0.4 is 4.18 Å². The van der Waals surface area contributed by atoms with E-state index >= 15 is 0 Å². The minimum atomic E-state index is -3.98. The number of nitrogens with zero attached hydrogens (tertiary/aromatic N) is 1. The molecule has 0 atom stereocenters. The number of rotatable bonds is 5. The lowest BCUT2D eigenvalue weighted by atomic mass is 10.00. The Bertz CT molecular complexity index is 1390. The third-order valence-corrected chi connectivity index (χ3v) is 6.55. The van der Waals surface area contributed by atoms with E-state index in [2.05, 4.69) is 0 Å². The van der Waals surface area contributed by atoms with Gasteiger partial charge in [0.05, 0.1) is 5.69 Å². The number of aryl methyl sites for hydroxylation is 4. The van der Waals surface area contributed by atoms with Crippen molar-refractivity contribution in [3.8, 4) is 5.75 Å². The molecule has 2 heterocycles. The Morgan fingerprint density at radius 1 is 0.839 bits per heavy atom. The van der Waals surface area contributed by atoms with Crippen molar-refractivity contribution in [3.63, 3.8) is 0 Å². The average Bonchev–Trinajstić information content (AvgIpc) is 3.06. The van der Waals surface area contributed by atoms with Gasteiger partial charge in [0.15, 0.2) is 0 Å². The Labute approximate surface area is 182 Å². The predicted octanol–water partition coefficient (Wildman–Crippen LogP) is 5.17. The van der Waals surface area contributed by atoms with Gasteiger partial charge in [0.2, 0.25) is 5.78 Å². The molecule has 0 spiro atoms. The van der Waals surface area contributed by atoms with Crippen LogP contribution >= 0.6 is 0 Å². The minimum absolute atomic E-state index is 0.0901. The summed E-state index contributed by atoms with van der Waals surface area (Å²) in [6.07, 6.45) is 1.86. The van der Waals surface area contributed by atoms with E-state index in [0.29, 0.717) is 22.4 Å². The highest BCUT2D eigenvalue weighted by Crippen LogP contribution is 2.30. The smallest absolute Gasteiger partial charge is 0.339 e. The predicted molar refractivity (Wildman–Crippen MR) is 120 cm³/mol. The minimum Gasteiger partial charge on any atom is -0.378 e. The van der Waals surface area contributed by atoms with Crippen molar-refractivity contribution >= 4 is 21.4 Å². The second kappa shape index (κ2) is 7.71. The molecule has 0 saturated heterocycles. The summed E-state index contributed by atoms with van der Waals surface area (Å²) in [6, 6.07) is 17.6. The van der Waals surface area contributed by atoms with E-state index in [1.807, 2.05) is 48.7 Å². The van der Waals surface area contributed by atoms with E-state index in [1.165, 1.54) is 12.1 Å². The van der Waals surface area contributed by atoms with Crippen LogP contribution in [0, 0.1) is 27.7 Å². The molecule has 0 bridgehead atoms. The Kier molecular flexibility index (Phi) is 5.19. The normalized spacial score (nSPS) is 11.6. The van der Waals surface area contributed by atoms with Gasteiger partial charge in [-0.3, -0.25) is 4.79 Å². The number of benzene rings is 2. The van der Waals surface area contributed by atoms with Gasteiger partial charge < -0.3 is 8.58 Å². The van der Waals surface area contributed by atoms with Crippen molar-refractivity contribution in [2.24, 2.45) is 0 Å². The maximum absolute atomic E-state index is 13.3. The molecular weight excluding hydrogens is 410 g/mol. The van der Waals surface area contributed by atoms with Gasteiger partial charge in [-0.05, 0) is 86.8 Å². The van der Waals surface area contributed by atoms with Crippen molar-refractivity contribution in [1.29, 1.82) is 0 Å². The molecule has 2 aromatic carbocycles. The summed E-state index contributed by atoms with van der Waals surface area (Å²) in [5, 5.41) is 0. The maximum Gasteiger partial charge on any atom is 0.339 e. The van der Waals surface area contributed by atoms with Crippen molar-refractivity contribution in [3.05, 3.63) is 100 Å². The molecule has 0 aliphatic carbocycles. The number of ketones is 1. The molecule has 5 nitrogen and oxygen atoms in total. The average molecular weight is 434 g/mol. The van der Waals surface area contributed by atoms with Crippen LogP contribution in [0.1, 0.15) is 38.3 Å². The fourth-order valence-electron chi connectivity index (χ4n) is 3.76. The molecule has 0 fully saturated rings. The van der Waals surface area contributed by atoms with Gasteiger partial charge in [0.25, 0.3) is 0 Å². The molecule has 0 aliphatic rings. The topological polar surface area (TPSA) is 64.9 Å². The number of hydrogen-bond acceptors (Lipinski definition) is 4. The van der Waals surface area contributed by atoms with E-state index in [4.69, 9.17) is 4.18 Å². The van der Waals surface area contributed by atoms with Crippen LogP contribution in [0.3, 0.4) is 0 Å². The summed E-state index contributed by atoms with van der Waals surface area (Å²) in [4.78, 5) is 13.4. The molecule has 6 heteroatoms. The molecule has 0 radical (unpaired) electrons. The van der Waals surface area contributed by atoms with E-state index in [-0.39, 0.29) is 16.4 Å². The SMILES string of the molecule is Cc1ccc(S(=O)(=O)Oc2c(C)cc(C(=O)c3c(C)cc4ccccn34)cc2C)cc1. The molecule has 0 aliphatic heterocycles. The molecular formula is C25H23NO4S. The highest BCUT2D eigenvalue weighted by molar-refractivity contribution is 7.87. The second-order valence-electron chi connectivity index (χ2n) is 7.79. The highest BCUT2D eigenvalue weighted by atomic mass is 32.2. The van der Waals surface area contributed by atoms with Crippen LogP contribution in [0.25, 0.3) is 5.52 Å². The lowest BCUT2D eigenvalue weighted by molar-refractivity contribution is 0.103. The molecule has 4 rings (SSSR count). The van der Waals surface area contributed by atoms with Crippen molar-refractivity contribution < 1.29 is 17.4 Å². The van der Waals surface area contributed by atoms with Gasteiger partial charge >= 0.3 is 10.1 Å². The second-order valence-corrected chi connectivity index (χ2v) is 9.34. The largest absolute Gasteiger partial charge is 0.378 e. The van der Waals surface area contributed by atoms with E-state index in [1.54, 1.807) is 38.1 Å². The Hall–Kier alpha value is -3.38. The van der Waals surface area contributed by atoms with E-state index in [9.17, 15) is 13.2 Å². The zero-order valence-electron chi connectivity index (χ0n) is 17.8. The fourth-order valence-corrected chi connectivity index (χ4v) is 4.81. The molecule has 0 saturated carbocycles. The van der Waals surface area contributed by atoms with Crippen LogP contribution in [-0.2, 0) is 10.1 Å². The number of hydrogen-bond donors (Lipinski definition) is 0. The first-order chi connectivity index (χ1) is 14.7. The first kappa shape index (κ1) is 20.9. The molecule has 0 unspecified atom stereocenters. The highest BCUT2D eigenvalue weighted by Gasteiger charge is 2.22. The van der Waals surface area contributed by atoms with Crippen LogP contribution in [0.2, 0.25) is 0 Å². The van der Waals surface area contributed by atoms with Crippen LogP contribution in [0.5, 0.6) is 5.75 Å². The van der Waals surface area contributed by atoms with Gasteiger partial charge in [-0.25, -0.2) is 0 Å². The van der Waals surface area contributed by atoms with Gasteiger partial charge in [-0.15, -0.1) is 0 Å². The summed E-state index contributed by atoms with van der Waals surface area (Å²) in [5.74, 6) is 0.122. The molecule has 0 amide bonds. The van der Waals surface area contributed by atoms with Gasteiger partial charge in [0.1, 0.15) is 10.6 Å². The fraction of sp³-hybridized carbons (Fsp3) is 0.160. The van der Waals surface area contributed by atoms with Crippen molar-refractivity contribution in [2.75, 3.05) is 0 Å². The summed E-state index contributed by atoms with van der Waals surface area (Å²) >= 11 is 0. The quantitative estimate of drug-likeness (QED) is 0.322. The molecule has 0 N–H and O–H groups in total. The standard InChI is InChI=1S/C25H23NO4S/c1-16-8-10-22(11-9-16)31(28,29)30-25-18(3)13-20(14-19(25)4)24(27)23-17(2)15-21-7-5-6-12-26(21)23/h5-15H,1-4H3. The number of pyridine rings is 1. The maximum atomic E-state index is 13.3. The van der Waals surface area contributed by atoms with Crippen LogP contribution in [0.15, 0.2) is 71.8 Å². The van der Waals surface area contributed by atoms with Gasteiger partial charge in [-0.2, -0.15) is 8.42 Å². The van der Waals surface area contributed by atoms with Crippen LogP contribution in [0.4, 0.5) is 0 Å². The zero-order chi connectivity index (χ0) is 22.3. The number of fused-ring (bicyclic) bond motifs is 1. The molecule has 158 valence electrons. The third kappa shape index (κ3) is 3.86. The van der Waals surface area contributed by atoms with Crippen molar-refractivity contribution in [2.45, 2.75) is 32.6 Å². The Balaban J connectivity index is 1.71. The number of carbonyl (C=O) groups excluding carboxylic acids is 1. The Morgan fingerprint density at radius 2 is 1.48 bits per heavy atom. The summed E-state index contributed by atoms with van der Waals surface area (Å²) in [7, 11) is -3.98. The first-order valence-corrected chi connectivity index (χ1v) is 11.3. The van der Waals surface area contributed by atoms with E-state index in [0.717, 1.165) is 16.6 Å². The van der Waals surface area contributed by atoms with Gasteiger partial charge in [0, 0.05) is 17.3 Å². The van der Waals surface area contributed by atoms with Gasteiger partial charge in [-0.1, -0.05) is 23.8 Å². The third-order valence-electron chi connectivity index (χ3n) is 5.31. The zero-order valence-corrected chi connectivity index (χ0v) is 18.7. The van der Waals surface area contributed by atoms with Crippen LogP contribution in [-0.4, -0.2) is 18.6 Å². The number of carbonyl (C=O) groups is 1. The summed E-state index contributed by atoms with van der Waals surface area (Å²) < 4.78 is 32.8. The molecule has 4 aromatic rings. The first-order valence-electron chi connectivity index (χ1n) is 9.91. The van der Waals surface area contributed by atoms with E-state index < -0.39 is 10.1 Å².